The van der Waals surface area contributed by atoms with Crippen LogP contribution in [0.25, 0.3) is 32.4 Å². The molecule has 0 amide bonds. The maximum atomic E-state index is 13.2. The molecule has 4 aromatic rings. The topological polar surface area (TPSA) is 64.3 Å². The van der Waals surface area contributed by atoms with Crippen LogP contribution < -0.4 is 10.6 Å². The molecule has 1 aliphatic heterocycles. The second-order valence-electron chi connectivity index (χ2n) is 6.92. The van der Waals surface area contributed by atoms with Gasteiger partial charge in [-0.3, -0.25) is 0 Å². The summed E-state index contributed by atoms with van der Waals surface area (Å²) in [5, 5.41) is 3.27. The van der Waals surface area contributed by atoms with E-state index in [1.807, 2.05) is 5.38 Å². The van der Waals surface area contributed by atoms with Gasteiger partial charge in [0.25, 0.3) is 0 Å². The minimum atomic E-state index is -0.260. The normalized spacial score (nSPS) is 14.2. The molecule has 0 bridgehead atoms. The van der Waals surface area contributed by atoms with Crippen LogP contribution in [0.4, 0.5) is 15.2 Å². The molecule has 1 saturated heterocycles. The quantitative estimate of drug-likeness (QED) is 0.477. The molecule has 0 atom stereocenters. The summed E-state index contributed by atoms with van der Waals surface area (Å²) in [6.45, 7) is 3.34. The van der Waals surface area contributed by atoms with Gasteiger partial charge in [-0.2, -0.15) is 0 Å². The molecule has 2 aromatic heterocycles. The van der Waals surface area contributed by atoms with Crippen LogP contribution in [0.1, 0.15) is 0 Å². The first-order chi connectivity index (χ1) is 14.7. The highest BCUT2D eigenvalue weighted by molar-refractivity contribution is 7.20. The number of nitrogens with zero attached hydrogens (tertiary/aromatic N) is 3. The average molecular weight is 439 g/mol. The number of nitrogens with two attached hydrogens (primary N) is 1. The Labute approximate surface area is 181 Å². The van der Waals surface area contributed by atoms with Crippen LogP contribution in [0.3, 0.4) is 0 Å². The van der Waals surface area contributed by atoms with Gasteiger partial charge in [-0.25, -0.2) is 14.4 Å². The summed E-state index contributed by atoms with van der Waals surface area (Å²) in [5.41, 5.74) is 10.8. The molecule has 0 spiro atoms. The lowest BCUT2D eigenvalue weighted by Crippen LogP contribution is -2.36. The number of ether oxygens (including phenoxy) is 1. The van der Waals surface area contributed by atoms with Gasteiger partial charge < -0.3 is 15.4 Å². The fraction of sp³-hybridized carbons (Fsp3) is 0.182. The van der Waals surface area contributed by atoms with Crippen molar-refractivity contribution < 1.29 is 9.13 Å². The van der Waals surface area contributed by atoms with Crippen molar-refractivity contribution in [3.63, 3.8) is 0 Å². The van der Waals surface area contributed by atoms with E-state index in [0.717, 1.165) is 58.7 Å². The number of nitrogen functional groups attached to an aromatic ring is 1. The van der Waals surface area contributed by atoms with Gasteiger partial charge in [0.05, 0.1) is 23.8 Å². The molecular weight excluding hydrogens is 419 g/mol. The monoisotopic (exact) mass is 438 g/mol. The van der Waals surface area contributed by atoms with Crippen LogP contribution >= 0.6 is 22.7 Å². The highest BCUT2D eigenvalue weighted by Gasteiger charge is 2.18. The average Bonchev–Trinajstić information content (AvgIpc) is 3.42. The number of halogens is 1. The molecule has 1 aliphatic rings. The molecule has 2 aromatic carbocycles. The van der Waals surface area contributed by atoms with E-state index in [-0.39, 0.29) is 5.82 Å². The second-order valence-corrected chi connectivity index (χ2v) is 8.81. The highest BCUT2D eigenvalue weighted by atomic mass is 32.1. The number of hydrogen-bond acceptors (Lipinski definition) is 7. The third-order valence-corrected chi connectivity index (χ3v) is 6.78. The van der Waals surface area contributed by atoms with Crippen LogP contribution in [-0.2, 0) is 4.74 Å². The van der Waals surface area contributed by atoms with E-state index in [1.54, 1.807) is 12.1 Å². The molecule has 3 heterocycles. The molecule has 30 heavy (non-hydrogen) atoms. The van der Waals surface area contributed by atoms with Gasteiger partial charge >= 0.3 is 0 Å². The lowest BCUT2D eigenvalue weighted by atomic mass is 10.1. The first-order valence-corrected chi connectivity index (χ1v) is 11.3. The Kier molecular flexibility index (Phi) is 5.20. The van der Waals surface area contributed by atoms with Gasteiger partial charge in [0.2, 0.25) is 0 Å². The standard InChI is InChI=1S/C22H19FN4OS2/c23-16-5-1-14(2-6-16)18-13-29-21(25-18)19-20(30-22(24)26-19)15-3-7-17(8-4-15)27-9-11-28-12-10-27/h1-8,13H,9-12H2,(H2,24,26). The maximum absolute atomic E-state index is 13.2. The molecule has 0 saturated carbocycles. The zero-order chi connectivity index (χ0) is 20.5. The number of aromatic nitrogens is 2. The summed E-state index contributed by atoms with van der Waals surface area (Å²) in [6, 6.07) is 14.8. The van der Waals surface area contributed by atoms with Crippen molar-refractivity contribution in [2.75, 3.05) is 36.9 Å². The van der Waals surface area contributed by atoms with Crippen LogP contribution in [0.2, 0.25) is 0 Å². The van der Waals surface area contributed by atoms with Crippen molar-refractivity contribution in [2.45, 2.75) is 0 Å². The molecule has 2 N–H and O–H groups in total. The van der Waals surface area contributed by atoms with Crippen molar-refractivity contribution in [3.8, 4) is 32.4 Å². The molecule has 0 unspecified atom stereocenters. The Bertz CT molecular complexity index is 1150. The van der Waals surface area contributed by atoms with E-state index in [0.29, 0.717) is 5.13 Å². The van der Waals surface area contributed by atoms with E-state index < -0.39 is 0 Å². The predicted molar refractivity (Wildman–Crippen MR) is 121 cm³/mol. The lowest BCUT2D eigenvalue weighted by molar-refractivity contribution is 0.122. The Morgan fingerprint density at radius 2 is 1.63 bits per heavy atom. The SMILES string of the molecule is Nc1nc(-c2nc(-c3ccc(F)cc3)cs2)c(-c2ccc(N3CCOCC3)cc2)s1. The van der Waals surface area contributed by atoms with Crippen molar-refractivity contribution in [1.29, 1.82) is 0 Å². The minimum Gasteiger partial charge on any atom is -0.378 e. The highest BCUT2D eigenvalue weighted by Crippen LogP contribution is 2.40. The molecular formula is C22H19FN4OS2. The smallest absolute Gasteiger partial charge is 0.181 e. The third-order valence-electron chi connectivity index (χ3n) is 5.00. The van der Waals surface area contributed by atoms with Gasteiger partial charge in [0, 0.05) is 29.7 Å². The predicted octanol–water partition coefficient (Wildman–Crippen LogP) is 5.16. The van der Waals surface area contributed by atoms with Gasteiger partial charge in [0.1, 0.15) is 16.5 Å². The Balaban J connectivity index is 1.45. The molecule has 8 heteroatoms. The summed E-state index contributed by atoms with van der Waals surface area (Å²) < 4.78 is 18.6. The summed E-state index contributed by atoms with van der Waals surface area (Å²) in [4.78, 5) is 12.6. The largest absolute Gasteiger partial charge is 0.378 e. The van der Waals surface area contributed by atoms with E-state index in [2.05, 4.69) is 34.1 Å². The molecule has 152 valence electrons. The van der Waals surface area contributed by atoms with Crippen LogP contribution in [-0.4, -0.2) is 36.3 Å². The zero-order valence-electron chi connectivity index (χ0n) is 16.0. The van der Waals surface area contributed by atoms with Gasteiger partial charge in [-0.05, 0) is 42.0 Å². The van der Waals surface area contributed by atoms with E-state index in [1.165, 1.54) is 40.5 Å². The third kappa shape index (κ3) is 3.81. The van der Waals surface area contributed by atoms with Crippen LogP contribution in [0, 0.1) is 5.82 Å². The van der Waals surface area contributed by atoms with Gasteiger partial charge in [-0.15, -0.1) is 11.3 Å². The number of thiazole rings is 2. The van der Waals surface area contributed by atoms with Gasteiger partial charge in [0.15, 0.2) is 5.13 Å². The molecule has 0 radical (unpaired) electrons. The summed E-state index contributed by atoms with van der Waals surface area (Å²) >= 11 is 2.97. The number of morpholine rings is 1. The first kappa shape index (κ1) is 19.2. The summed E-state index contributed by atoms with van der Waals surface area (Å²) in [6.07, 6.45) is 0. The molecule has 5 nitrogen and oxygen atoms in total. The maximum Gasteiger partial charge on any atom is 0.181 e. The van der Waals surface area contributed by atoms with Crippen molar-refractivity contribution in [2.24, 2.45) is 0 Å². The number of hydrogen-bond donors (Lipinski definition) is 1. The Morgan fingerprint density at radius 3 is 2.37 bits per heavy atom. The zero-order valence-corrected chi connectivity index (χ0v) is 17.7. The lowest BCUT2D eigenvalue weighted by Gasteiger charge is -2.28. The Hall–Kier alpha value is -2.81. The second kappa shape index (κ2) is 8.14. The van der Waals surface area contributed by atoms with E-state index >= 15 is 0 Å². The fourth-order valence-corrected chi connectivity index (χ4v) is 5.18. The summed E-state index contributed by atoms with van der Waals surface area (Å²) in [7, 11) is 0. The fourth-order valence-electron chi connectivity index (χ4n) is 3.46. The van der Waals surface area contributed by atoms with Gasteiger partial charge in [-0.1, -0.05) is 23.5 Å². The summed E-state index contributed by atoms with van der Waals surface area (Å²) in [5.74, 6) is -0.260. The van der Waals surface area contributed by atoms with Crippen LogP contribution in [0.15, 0.2) is 53.9 Å². The minimum absolute atomic E-state index is 0.260. The number of anilines is 2. The Morgan fingerprint density at radius 1 is 0.933 bits per heavy atom. The van der Waals surface area contributed by atoms with E-state index in [9.17, 15) is 4.39 Å². The van der Waals surface area contributed by atoms with Crippen LogP contribution in [0.5, 0.6) is 0 Å². The number of benzene rings is 2. The molecule has 5 rings (SSSR count). The number of rotatable bonds is 4. The van der Waals surface area contributed by atoms with Crippen molar-refractivity contribution in [3.05, 3.63) is 59.7 Å². The molecule has 0 aliphatic carbocycles. The first-order valence-electron chi connectivity index (χ1n) is 9.58. The molecule has 1 fully saturated rings. The van der Waals surface area contributed by atoms with Crippen molar-refractivity contribution in [1.82, 2.24) is 9.97 Å². The van der Waals surface area contributed by atoms with E-state index in [4.69, 9.17) is 15.5 Å². The van der Waals surface area contributed by atoms with Crippen molar-refractivity contribution >= 4 is 33.5 Å².